The second-order valence-corrected chi connectivity index (χ2v) is 6.34. The third-order valence-corrected chi connectivity index (χ3v) is 4.51. The van der Waals surface area contributed by atoms with E-state index in [0.717, 1.165) is 29.3 Å². The first kappa shape index (κ1) is 15.0. The van der Waals surface area contributed by atoms with E-state index in [4.69, 9.17) is 5.26 Å². The van der Waals surface area contributed by atoms with Gasteiger partial charge in [0.2, 0.25) is 0 Å². The third kappa shape index (κ3) is 3.20. The minimum absolute atomic E-state index is 0.154. The van der Waals surface area contributed by atoms with Crippen LogP contribution in [0.2, 0.25) is 0 Å². The summed E-state index contributed by atoms with van der Waals surface area (Å²) in [5, 5.41) is 8.76. The van der Waals surface area contributed by atoms with Crippen molar-refractivity contribution in [3.8, 4) is 6.07 Å². The van der Waals surface area contributed by atoms with Crippen LogP contribution in [0.25, 0.3) is 0 Å². The number of nitrogens with one attached hydrogen (secondary N) is 1. The van der Waals surface area contributed by atoms with Crippen LogP contribution in [0.15, 0.2) is 41.3 Å². The Bertz CT molecular complexity index is 839. The van der Waals surface area contributed by atoms with Crippen LogP contribution in [-0.4, -0.2) is 8.42 Å². The zero-order valence-electron chi connectivity index (χ0n) is 11.5. The van der Waals surface area contributed by atoms with Gasteiger partial charge in [0.15, 0.2) is 0 Å². The largest absolute Gasteiger partial charge is 0.280 e. The molecule has 108 valence electrons. The van der Waals surface area contributed by atoms with Gasteiger partial charge in [-0.25, -0.2) is 12.8 Å². The summed E-state index contributed by atoms with van der Waals surface area (Å²) in [6.07, 6.45) is 0. The summed E-state index contributed by atoms with van der Waals surface area (Å²) in [7, 11) is -3.86. The number of benzene rings is 2. The first-order valence-electron chi connectivity index (χ1n) is 6.13. The maximum atomic E-state index is 13.2. The number of aryl methyl sites for hydroxylation is 2. The van der Waals surface area contributed by atoms with E-state index >= 15 is 0 Å². The number of nitrogens with zero attached hydrogens (tertiary/aromatic N) is 1. The highest BCUT2D eigenvalue weighted by Crippen LogP contribution is 2.20. The van der Waals surface area contributed by atoms with Gasteiger partial charge in [0, 0.05) is 5.69 Å². The quantitative estimate of drug-likeness (QED) is 0.947. The Kier molecular flexibility index (Phi) is 3.96. The summed E-state index contributed by atoms with van der Waals surface area (Å²) in [5.41, 5.74) is 2.11. The molecule has 6 heteroatoms. The van der Waals surface area contributed by atoms with Gasteiger partial charge in [0.05, 0.1) is 10.5 Å². The van der Waals surface area contributed by atoms with Crippen LogP contribution in [0.3, 0.4) is 0 Å². The lowest BCUT2D eigenvalue weighted by Crippen LogP contribution is -2.13. The minimum Gasteiger partial charge on any atom is -0.280 e. The van der Waals surface area contributed by atoms with Gasteiger partial charge in [-0.1, -0.05) is 6.07 Å². The normalized spacial score (nSPS) is 11.0. The number of hydrogen-bond acceptors (Lipinski definition) is 3. The molecular weight excluding hydrogens is 291 g/mol. The molecule has 0 unspecified atom stereocenters. The van der Waals surface area contributed by atoms with Crippen molar-refractivity contribution in [2.75, 3.05) is 4.72 Å². The number of halogens is 1. The molecule has 21 heavy (non-hydrogen) atoms. The van der Waals surface area contributed by atoms with Crippen molar-refractivity contribution in [2.45, 2.75) is 18.7 Å². The van der Waals surface area contributed by atoms with Gasteiger partial charge in [0.1, 0.15) is 11.9 Å². The molecule has 0 saturated carbocycles. The van der Waals surface area contributed by atoms with Gasteiger partial charge < -0.3 is 0 Å². The first-order valence-corrected chi connectivity index (χ1v) is 7.61. The van der Waals surface area contributed by atoms with Crippen LogP contribution in [-0.2, 0) is 10.0 Å². The molecule has 0 spiro atoms. The summed E-state index contributed by atoms with van der Waals surface area (Å²) in [4.78, 5) is -0.154. The Balaban J connectivity index is 2.38. The molecule has 0 amide bonds. The van der Waals surface area contributed by atoms with Crippen molar-refractivity contribution in [2.24, 2.45) is 0 Å². The maximum Gasteiger partial charge on any atom is 0.261 e. The maximum absolute atomic E-state index is 13.2. The molecule has 0 aliphatic carbocycles. The van der Waals surface area contributed by atoms with Crippen LogP contribution in [0.1, 0.15) is 16.7 Å². The molecule has 0 aliphatic heterocycles. The van der Waals surface area contributed by atoms with Crippen molar-refractivity contribution in [1.82, 2.24) is 0 Å². The predicted molar refractivity (Wildman–Crippen MR) is 77.8 cm³/mol. The monoisotopic (exact) mass is 304 g/mol. The van der Waals surface area contributed by atoms with Gasteiger partial charge in [-0.3, -0.25) is 4.72 Å². The molecule has 4 nitrogen and oxygen atoms in total. The lowest BCUT2D eigenvalue weighted by Gasteiger charge is -2.10. The molecular formula is C15H13FN2O2S. The van der Waals surface area contributed by atoms with Gasteiger partial charge in [-0.15, -0.1) is 0 Å². The topological polar surface area (TPSA) is 70.0 Å². The lowest BCUT2D eigenvalue weighted by molar-refractivity contribution is 0.599. The Labute approximate surface area is 122 Å². The summed E-state index contributed by atoms with van der Waals surface area (Å²) in [6, 6.07) is 9.89. The SMILES string of the molecule is Cc1ccc(NS(=O)(=O)c2ccc(F)c(C#N)c2)cc1C. The molecule has 0 aliphatic rings. The zero-order valence-corrected chi connectivity index (χ0v) is 12.3. The number of anilines is 1. The molecule has 0 atom stereocenters. The van der Waals surface area contributed by atoms with E-state index in [9.17, 15) is 12.8 Å². The van der Waals surface area contributed by atoms with Crippen LogP contribution >= 0.6 is 0 Å². The van der Waals surface area contributed by atoms with Gasteiger partial charge >= 0.3 is 0 Å². The van der Waals surface area contributed by atoms with Crippen LogP contribution in [0.4, 0.5) is 10.1 Å². The smallest absolute Gasteiger partial charge is 0.261 e. The van der Waals surface area contributed by atoms with Gasteiger partial charge in [-0.2, -0.15) is 5.26 Å². The second kappa shape index (κ2) is 5.54. The predicted octanol–water partition coefficient (Wildman–Crippen LogP) is 3.12. The number of hydrogen-bond donors (Lipinski definition) is 1. The van der Waals surface area contributed by atoms with Crippen LogP contribution in [0.5, 0.6) is 0 Å². The van der Waals surface area contributed by atoms with Crippen molar-refractivity contribution in [3.05, 3.63) is 58.9 Å². The lowest BCUT2D eigenvalue weighted by atomic mass is 10.1. The van der Waals surface area contributed by atoms with Gasteiger partial charge in [-0.05, 0) is 55.3 Å². The molecule has 1 N–H and O–H groups in total. The fourth-order valence-electron chi connectivity index (χ4n) is 1.78. The third-order valence-electron chi connectivity index (χ3n) is 3.13. The van der Waals surface area contributed by atoms with E-state index in [1.165, 1.54) is 0 Å². The average Bonchev–Trinajstić information content (AvgIpc) is 2.43. The highest BCUT2D eigenvalue weighted by atomic mass is 32.2. The highest BCUT2D eigenvalue weighted by Gasteiger charge is 2.16. The van der Waals surface area contributed by atoms with Crippen molar-refractivity contribution in [1.29, 1.82) is 5.26 Å². The number of sulfonamides is 1. The van der Waals surface area contributed by atoms with Crippen molar-refractivity contribution in [3.63, 3.8) is 0 Å². The molecule has 0 fully saturated rings. The van der Waals surface area contributed by atoms with Crippen molar-refractivity contribution >= 4 is 15.7 Å². The first-order chi connectivity index (χ1) is 9.83. The van der Waals surface area contributed by atoms with E-state index in [1.807, 2.05) is 13.8 Å². The molecule has 2 aromatic carbocycles. The Morgan fingerprint density at radius 3 is 2.43 bits per heavy atom. The summed E-state index contributed by atoms with van der Waals surface area (Å²) in [6.45, 7) is 3.80. The Hall–Kier alpha value is -2.39. The van der Waals surface area contributed by atoms with Crippen molar-refractivity contribution < 1.29 is 12.8 Å². The van der Waals surface area contributed by atoms with Gasteiger partial charge in [0.25, 0.3) is 10.0 Å². The Morgan fingerprint density at radius 1 is 1.10 bits per heavy atom. The second-order valence-electron chi connectivity index (χ2n) is 4.66. The number of rotatable bonds is 3. The molecule has 0 bridgehead atoms. The van der Waals surface area contributed by atoms with Crippen LogP contribution < -0.4 is 4.72 Å². The van der Waals surface area contributed by atoms with E-state index in [-0.39, 0.29) is 10.5 Å². The Morgan fingerprint density at radius 2 is 1.81 bits per heavy atom. The fourth-order valence-corrected chi connectivity index (χ4v) is 2.85. The van der Waals surface area contributed by atoms with Crippen LogP contribution in [0, 0.1) is 31.0 Å². The average molecular weight is 304 g/mol. The summed E-state index contributed by atoms with van der Waals surface area (Å²) >= 11 is 0. The molecule has 0 saturated heterocycles. The number of nitriles is 1. The standard InChI is InChI=1S/C15H13FN2O2S/c1-10-3-4-13(7-11(10)2)18-21(19,20)14-5-6-15(16)12(8-14)9-17/h3-8,18H,1-2H3. The molecule has 0 aromatic heterocycles. The highest BCUT2D eigenvalue weighted by molar-refractivity contribution is 7.92. The molecule has 0 heterocycles. The van der Waals surface area contributed by atoms with E-state index < -0.39 is 15.8 Å². The molecule has 0 radical (unpaired) electrons. The summed E-state index contributed by atoms with van der Waals surface area (Å²) in [5.74, 6) is -0.748. The zero-order chi connectivity index (χ0) is 15.6. The van der Waals surface area contributed by atoms with E-state index in [2.05, 4.69) is 4.72 Å². The molecule has 2 rings (SSSR count). The van der Waals surface area contributed by atoms with E-state index in [1.54, 1.807) is 24.3 Å². The van der Waals surface area contributed by atoms with E-state index in [0.29, 0.717) is 5.69 Å². The minimum atomic E-state index is -3.86. The fraction of sp³-hybridized carbons (Fsp3) is 0.133. The summed E-state index contributed by atoms with van der Waals surface area (Å²) < 4.78 is 40.1. The molecule has 2 aromatic rings.